The molecule has 1 saturated heterocycles. The molecule has 0 unspecified atom stereocenters. The summed E-state index contributed by atoms with van der Waals surface area (Å²) in [6, 6.07) is 16.0. The third kappa shape index (κ3) is 2.80. The molecule has 152 valence electrons. The number of nitrogens with zero attached hydrogens (tertiary/aromatic N) is 2. The molecule has 5 rings (SSSR count). The van der Waals surface area contributed by atoms with E-state index in [0.717, 1.165) is 16.8 Å². The van der Waals surface area contributed by atoms with Crippen molar-refractivity contribution in [3.63, 3.8) is 0 Å². The number of fused-ring (bicyclic) bond motifs is 2. The molecule has 2 aliphatic rings. The fourth-order valence-corrected chi connectivity index (χ4v) is 6.34. The van der Waals surface area contributed by atoms with Crippen LogP contribution in [0.15, 0.2) is 60.0 Å². The number of anilines is 1. The van der Waals surface area contributed by atoms with Crippen LogP contribution in [0.4, 0.5) is 10.1 Å². The fraction of sp³-hybridized carbons (Fsp3) is 0.217. The lowest BCUT2D eigenvalue weighted by molar-refractivity contribution is -0.123. The average molecular weight is 439 g/mol. The van der Waals surface area contributed by atoms with E-state index in [1.54, 1.807) is 34.1 Å². The van der Waals surface area contributed by atoms with Crippen LogP contribution in [0.25, 0.3) is 0 Å². The molecule has 0 saturated carbocycles. The summed E-state index contributed by atoms with van der Waals surface area (Å²) in [6.07, 6.45) is 0. The Morgan fingerprint density at radius 2 is 2.00 bits per heavy atom. The number of carbonyl (C=O) groups excluding carboxylic acids is 2. The predicted octanol–water partition coefficient (Wildman–Crippen LogP) is 4.78. The standard InChI is InChI=1S/C23H19FN2O2S2/c1-15-8-9-19-17(13-15)23(22(28)25(19)14-16-5-2-3-6-18(16)24)26(10-12-30-23)21(27)20-7-4-11-29-20/h2-9,11,13H,10,12,14H2,1H3/t23-/m1/s1. The zero-order chi connectivity index (χ0) is 20.9. The van der Waals surface area contributed by atoms with Gasteiger partial charge in [-0.15, -0.1) is 23.1 Å². The third-order valence-corrected chi connectivity index (χ3v) is 7.89. The maximum atomic E-state index is 14.4. The van der Waals surface area contributed by atoms with E-state index >= 15 is 0 Å². The second kappa shape index (κ2) is 7.25. The number of rotatable bonds is 3. The van der Waals surface area contributed by atoms with Gasteiger partial charge in [-0.05, 0) is 30.5 Å². The number of halogens is 1. The van der Waals surface area contributed by atoms with E-state index < -0.39 is 4.87 Å². The van der Waals surface area contributed by atoms with Gasteiger partial charge in [-0.3, -0.25) is 9.59 Å². The van der Waals surface area contributed by atoms with Crippen molar-refractivity contribution in [1.82, 2.24) is 4.90 Å². The van der Waals surface area contributed by atoms with Crippen molar-refractivity contribution in [3.8, 4) is 0 Å². The minimum atomic E-state index is -1.10. The number of carbonyl (C=O) groups is 2. The summed E-state index contributed by atoms with van der Waals surface area (Å²) in [5.41, 5.74) is 3.03. The maximum absolute atomic E-state index is 14.4. The van der Waals surface area contributed by atoms with Gasteiger partial charge in [0.15, 0.2) is 4.87 Å². The van der Waals surface area contributed by atoms with Crippen molar-refractivity contribution < 1.29 is 14.0 Å². The number of amides is 2. The molecule has 30 heavy (non-hydrogen) atoms. The Bertz CT molecular complexity index is 1150. The van der Waals surface area contributed by atoms with Crippen LogP contribution in [-0.4, -0.2) is 29.0 Å². The summed E-state index contributed by atoms with van der Waals surface area (Å²) < 4.78 is 14.4. The van der Waals surface area contributed by atoms with Gasteiger partial charge in [0.1, 0.15) is 5.82 Å². The van der Waals surface area contributed by atoms with Crippen LogP contribution >= 0.6 is 23.1 Å². The molecule has 1 fully saturated rings. The minimum absolute atomic E-state index is 0.130. The zero-order valence-electron chi connectivity index (χ0n) is 16.3. The van der Waals surface area contributed by atoms with Gasteiger partial charge in [-0.1, -0.05) is 42.0 Å². The van der Waals surface area contributed by atoms with Crippen LogP contribution in [-0.2, 0) is 16.2 Å². The largest absolute Gasteiger partial charge is 0.310 e. The third-order valence-electron chi connectivity index (χ3n) is 5.61. The molecule has 2 aromatic carbocycles. The highest BCUT2D eigenvalue weighted by molar-refractivity contribution is 8.01. The van der Waals surface area contributed by atoms with Crippen LogP contribution in [0, 0.1) is 12.7 Å². The molecule has 1 aromatic heterocycles. The fourth-order valence-electron chi connectivity index (χ4n) is 4.22. The first-order valence-corrected chi connectivity index (χ1v) is 11.5. The van der Waals surface area contributed by atoms with E-state index in [0.29, 0.717) is 22.7 Å². The van der Waals surface area contributed by atoms with Gasteiger partial charge in [-0.2, -0.15) is 0 Å². The summed E-state index contributed by atoms with van der Waals surface area (Å²) in [5, 5.41) is 1.86. The van der Waals surface area contributed by atoms with Crippen LogP contribution < -0.4 is 4.90 Å². The van der Waals surface area contributed by atoms with Crippen LogP contribution in [0.2, 0.25) is 0 Å². The van der Waals surface area contributed by atoms with Gasteiger partial charge in [-0.25, -0.2) is 4.39 Å². The normalized spacial score (nSPS) is 20.3. The summed E-state index contributed by atoms with van der Waals surface area (Å²) >= 11 is 2.86. The molecule has 0 N–H and O–H groups in total. The second-order valence-electron chi connectivity index (χ2n) is 7.43. The smallest absolute Gasteiger partial charge is 0.268 e. The molecule has 3 aromatic rings. The molecule has 7 heteroatoms. The molecular formula is C23H19FN2O2S2. The molecule has 4 nitrogen and oxygen atoms in total. The van der Waals surface area contributed by atoms with E-state index in [9.17, 15) is 14.0 Å². The predicted molar refractivity (Wildman–Crippen MR) is 118 cm³/mol. The van der Waals surface area contributed by atoms with Gasteiger partial charge in [0.05, 0.1) is 17.1 Å². The first-order chi connectivity index (χ1) is 14.5. The Balaban J connectivity index is 1.62. The van der Waals surface area contributed by atoms with E-state index in [2.05, 4.69) is 0 Å². The summed E-state index contributed by atoms with van der Waals surface area (Å²) in [7, 11) is 0. The molecular weight excluding hydrogens is 419 g/mol. The van der Waals surface area contributed by atoms with Crippen molar-refractivity contribution >= 4 is 40.6 Å². The molecule has 2 amide bonds. The summed E-state index contributed by atoms with van der Waals surface area (Å²) in [5.74, 6) is 0.0110. The van der Waals surface area contributed by atoms with E-state index in [1.165, 1.54) is 29.2 Å². The highest BCUT2D eigenvalue weighted by Gasteiger charge is 2.59. The Kier molecular flexibility index (Phi) is 4.67. The molecule has 1 spiro atoms. The quantitative estimate of drug-likeness (QED) is 0.591. The molecule has 0 radical (unpaired) electrons. The summed E-state index contributed by atoms with van der Waals surface area (Å²) in [4.78, 5) is 30.0. The highest BCUT2D eigenvalue weighted by atomic mass is 32.2. The number of thioether (sulfide) groups is 1. The van der Waals surface area contributed by atoms with Crippen molar-refractivity contribution in [2.45, 2.75) is 18.3 Å². The number of hydrogen-bond acceptors (Lipinski definition) is 4. The SMILES string of the molecule is Cc1ccc2c(c1)[C@@]1(SCCN1C(=O)c1cccs1)C(=O)N2Cc1ccccc1F. The lowest BCUT2D eigenvalue weighted by Gasteiger charge is -2.33. The number of thiophene rings is 1. The van der Waals surface area contributed by atoms with Crippen LogP contribution in [0.5, 0.6) is 0 Å². The zero-order valence-corrected chi connectivity index (χ0v) is 17.9. The van der Waals surface area contributed by atoms with Crippen molar-refractivity contribution in [2.75, 3.05) is 17.2 Å². The Morgan fingerprint density at radius 1 is 1.17 bits per heavy atom. The van der Waals surface area contributed by atoms with Gasteiger partial charge < -0.3 is 9.80 Å². The minimum Gasteiger partial charge on any atom is -0.310 e. The Hall–Kier alpha value is -2.64. The average Bonchev–Trinajstić information content (AvgIpc) is 3.47. The maximum Gasteiger partial charge on any atom is 0.268 e. The number of hydrogen-bond donors (Lipinski definition) is 0. The second-order valence-corrected chi connectivity index (χ2v) is 9.67. The Morgan fingerprint density at radius 3 is 2.77 bits per heavy atom. The summed E-state index contributed by atoms with van der Waals surface area (Å²) in [6.45, 7) is 2.60. The van der Waals surface area contributed by atoms with Gasteiger partial charge >= 0.3 is 0 Å². The van der Waals surface area contributed by atoms with Crippen LogP contribution in [0.1, 0.15) is 26.4 Å². The first-order valence-electron chi connectivity index (χ1n) is 9.68. The van der Waals surface area contributed by atoms with Crippen LogP contribution in [0.3, 0.4) is 0 Å². The lowest BCUT2D eigenvalue weighted by atomic mass is 10.0. The van der Waals surface area contributed by atoms with E-state index in [4.69, 9.17) is 0 Å². The highest BCUT2D eigenvalue weighted by Crippen LogP contribution is 2.55. The van der Waals surface area contributed by atoms with Crippen molar-refractivity contribution in [2.24, 2.45) is 0 Å². The van der Waals surface area contributed by atoms with Gasteiger partial charge in [0.25, 0.3) is 11.8 Å². The monoisotopic (exact) mass is 438 g/mol. The van der Waals surface area contributed by atoms with Crippen molar-refractivity contribution in [3.05, 3.63) is 87.4 Å². The lowest BCUT2D eigenvalue weighted by Crippen LogP contribution is -2.50. The Labute approximate surface area is 182 Å². The molecule has 3 heterocycles. The number of benzene rings is 2. The molecule has 0 aliphatic carbocycles. The first kappa shape index (κ1) is 19.3. The topological polar surface area (TPSA) is 40.6 Å². The molecule has 0 bridgehead atoms. The molecule has 2 aliphatic heterocycles. The molecule has 1 atom stereocenters. The van der Waals surface area contributed by atoms with Crippen molar-refractivity contribution in [1.29, 1.82) is 0 Å². The van der Waals surface area contributed by atoms with Gasteiger partial charge in [0, 0.05) is 23.4 Å². The van der Waals surface area contributed by atoms with E-state index in [1.807, 2.05) is 36.6 Å². The number of aryl methyl sites for hydroxylation is 1. The van der Waals surface area contributed by atoms with E-state index in [-0.39, 0.29) is 24.2 Å². The van der Waals surface area contributed by atoms with Gasteiger partial charge in [0.2, 0.25) is 0 Å².